The smallest absolute Gasteiger partial charge is 0.339 e. The SMILES string of the molecule is CNc1cccc(-n2c(=O)n(-c3ccc(Oc4ccccn4)nc3)c3c(N)ncnc32)c1. The van der Waals surface area contributed by atoms with Crippen molar-refractivity contribution in [3.05, 3.63) is 83.8 Å². The van der Waals surface area contributed by atoms with E-state index in [2.05, 4.69) is 25.3 Å². The van der Waals surface area contributed by atoms with Crippen LogP contribution in [0.1, 0.15) is 0 Å². The van der Waals surface area contributed by atoms with Gasteiger partial charge in [0.1, 0.15) is 11.8 Å². The van der Waals surface area contributed by atoms with Crippen molar-refractivity contribution in [3.8, 4) is 23.1 Å². The van der Waals surface area contributed by atoms with Crippen molar-refractivity contribution >= 4 is 22.7 Å². The number of nitrogen functional groups attached to an aromatic ring is 1. The molecule has 0 aliphatic carbocycles. The van der Waals surface area contributed by atoms with Crippen molar-refractivity contribution in [1.29, 1.82) is 0 Å². The van der Waals surface area contributed by atoms with E-state index in [1.165, 1.54) is 21.7 Å². The summed E-state index contributed by atoms with van der Waals surface area (Å²) in [6, 6.07) is 16.1. The molecule has 0 aliphatic heterocycles. The van der Waals surface area contributed by atoms with Crippen LogP contribution in [0.3, 0.4) is 0 Å². The Morgan fingerprint density at radius 3 is 2.53 bits per heavy atom. The summed E-state index contributed by atoms with van der Waals surface area (Å²) in [6.45, 7) is 0. The second-order valence-corrected chi connectivity index (χ2v) is 6.81. The van der Waals surface area contributed by atoms with E-state index >= 15 is 0 Å². The molecule has 3 N–H and O–H groups in total. The van der Waals surface area contributed by atoms with Crippen LogP contribution in [0.4, 0.5) is 11.5 Å². The van der Waals surface area contributed by atoms with Crippen LogP contribution < -0.4 is 21.5 Å². The Morgan fingerprint density at radius 1 is 0.906 bits per heavy atom. The van der Waals surface area contributed by atoms with E-state index in [0.717, 1.165) is 5.69 Å². The molecule has 0 radical (unpaired) electrons. The molecule has 0 saturated heterocycles. The number of nitrogens with two attached hydrogens (primary N) is 1. The molecule has 1 aromatic carbocycles. The summed E-state index contributed by atoms with van der Waals surface area (Å²) < 4.78 is 8.57. The number of imidazole rings is 1. The first-order valence-corrected chi connectivity index (χ1v) is 9.73. The highest BCUT2D eigenvalue weighted by Gasteiger charge is 2.20. The fraction of sp³-hybridized carbons (Fsp3) is 0.0455. The first-order chi connectivity index (χ1) is 15.7. The van der Waals surface area contributed by atoms with Gasteiger partial charge in [0.25, 0.3) is 0 Å². The van der Waals surface area contributed by atoms with E-state index in [1.54, 1.807) is 30.5 Å². The monoisotopic (exact) mass is 426 g/mol. The van der Waals surface area contributed by atoms with Gasteiger partial charge in [0.15, 0.2) is 11.5 Å². The van der Waals surface area contributed by atoms with Gasteiger partial charge in [-0.3, -0.25) is 4.57 Å². The maximum Gasteiger partial charge on any atom is 0.339 e. The van der Waals surface area contributed by atoms with E-state index in [0.29, 0.717) is 34.3 Å². The zero-order chi connectivity index (χ0) is 22.1. The average Bonchev–Trinajstić information content (AvgIpc) is 3.13. The highest BCUT2D eigenvalue weighted by molar-refractivity contribution is 5.85. The van der Waals surface area contributed by atoms with Gasteiger partial charge in [-0.05, 0) is 30.3 Å². The summed E-state index contributed by atoms with van der Waals surface area (Å²) in [4.78, 5) is 30.4. The number of fused-ring (bicyclic) bond motifs is 1. The van der Waals surface area contributed by atoms with Crippen LogP contribution in [0.25, 0.3) is 22.5 Å². The first-order valence-electron chi connectivity index (χ1n) is 9.73. The number of nitrogens with zero attached hydrogens (tertiary/aromatic N) is 6. The fourth-order valence-corrected chi connectivity index (χ4v) is 3.40. The Labute approximate surface area is 182 Å². The van der Waals surface area contributed by atoms with Crippen LogP contribution in [0.5, 0.6) is 11.8 Å². The molecule has 32 heavy (non-hydrogen) atoms. The first kappa shape index (κ1) is 19.2. The van der Waals surface area contributed by atoms with Gasteiger partial charge in [-0.15, -0.1) is 0 Å². The predicted molar refractivity (Wildman–Crippen MR) is 121 cm³/mol. The lowest BCUT2D eigenvalue weighted by Gasteiger charge is -2.06. The van der Waals surface area contributed by atoms with Crippen molar-refractivity contribution in [1.82, 2.24) is 29.1 Å². The third-order valence-electron chi connectivity index (χ3n) is 4.87. The standard InChI is InChI=1S/C22H18N8O2/c1-24-14-5-4-6-15(11-14)30-21-19(20(23)27-13-28-21)29(22(30)31)16-8-9-18(26-12-16)32-17-7-2-3-10-25-17/h2-13,24H,1H3,(H2,23,27,28). The predicted octanol–water partition coefficient (Wildman–Crippen LogP) is 2.78. The zero-order valence-electron chi connectivity index (χ0n) is 17.0. The van der Waals surface area contributed by atoms with Gasteiger partial charge in [-0.1, -0.05) is 12.1 Å². The number of rotatable bonds is 5. The average molecular weight is 426 g/mol. The largest absolute Gasteiger partial charge is 0.421 e. The van der Waals surface area contributed by atoms with E-state index in [1.807, 2.05) is 37.4 Å². The summed E-state index contributed by atoms with van der Waals surface area (Å²) >= 11 is 0. The molecule has 4 aromatic heterocycles. The molecule has 0 amide bonds. The number of pyridine rings is 2. The molecule has 5 rings (SSSR count). The topological polar surface area (TPSA) is 126 Å². The maximum atomic E-state index is 13.5. The van der Waals surface area contributed by atoms with Gasteiger partial charge in [0, 0.05) is 31.1 Å². The van der Waals surface area contributed by atoms with Crippen molar-refractivity contribution in [2.75, 3.05) is 18.1 Å². The Morgan fingerprint density at radius 2 is 1.78 bits per heavy atom. The van der Waals surface area contributed by atoms with Gasteiger partial charge >= 0.3 is 5.69 Å². The molecule has 0 aliphatic rings. The second kappa shape index (κ2) is 7.84. The molecule has 0 bridgehead atoms. The zero-order valence-corrected chi connectivity index (χ0v) is 17.0. The summed E-state index contributed by atoms with van der Waals surface area (Å²) in [5, 5.41) is 3.07. The van der Waals surface area contributed by atoms with Crippen LogP contribution in [0.2, 0.25) is 0 Å². The second-order valence-electron chi connectivity index (χ2n) is 6.81. The van der Waals surface area contributed by atoms with E-state index in [9.17, 15) is 4.79 Å². The number of benzene rings is 1. The molecule has 158 valence electrons. The van der Waals surface area contributed by atoms with Gasteiger partial charge in [0.2, 0.25) is 11.8 Å². The van der Waals surface area contributed by atoms with Crippen molar-refractivity contribution in [3.63, 3.8) is 0 Å². The summed E-state index contributed by atoms with van der Waals surface area (Å²) in [6.07, 6.45) is 4.49. The van der Waals surface area contributed by atoms with Crippen molar-refractivity contribution in [2.24, 2.45) is 0 Å². The number of aromatic nitrogens is 6. The van der Waals surface area contributed by atoms with Crippen molar-refractivity contribution < 1.29 is 4.74 Å². The highest BCUT2D eigenvalue weighted by atomic mass is 16.5. The summed E-state index contributed by atoms with van der Waals surface area (Å²) in [7, 11) is 1.81. The van der Waals surface area contributed by atoms with Gasteiger partial charge in [0.05, 0.1) is 17.6 Å². The van der Waals surface area contributed by atoms with E-state index in [4.69, 9.17) is 10.5 Å². The molecule has 10 nitrogen and oxygen atoms in total. The lowest BCUT2D eigenvalue weighted by molar-refractivity contribution is 0.444. The Hall–Kier alpha value is -4.73. The van der Waals surface area contributed by atoms with E-state index in [-0.39, 0.29) is 11.5 Å². The number of hydrogen-bond acceptors (Lipinski definition) is 8. The van der Waals surface area contributed by atoms with Crippen LogP contribution in [-0.2, 0) is 0 Å². The van der Waals surface area contributed by atoms with Gasteiger partial charge < -0.3 is 15.8 Å². The number of nitrogens with one attached hydrogen (secondary N) is 1. The quantitative estimate of drug-likeness (QED) is 0.439. The van der Waals surface area contributed by atoms with Crippen LogP contribution in [-0.4, -0.2) is 36.1 Å². The normalized spacial score (nSPS) is 10.9. The van der Waals surface area contributed by atoms with Gasteiger partial charge in [-0.25, -0.2) is 29.3 Å². The minimum atomic E-state index is -0.347. The summed E-state index contributed by atoms with van der Waals surface area (Å²) in [5.74, 6) is 0.947. The molecule has 5 aromatic rings. The van der Waals surface area contributed by atoms with Crippen LogP contribution in [0, 0.1) is 0 Å². The third-order valence-corrected chi connectivity index (χ3v) is 4.87. The molecular weight excluding hydrogens is 408 g/mol. The summed E-state index contributed by atoms with van der Waals surface area (Å²) in [5.41, 5.74) is 8.60. The third kappa shape index (κ3) is 3.29. The van der Waals surface area contributed by atoms with Crippen LogP contribution in [0.15, 0.2) is 78.1 Å². The molecule has 0 fully saturated rings. The Bertz CT molecular complexity index is 1460. The maximum absolute atomic E-state index is 13.5. The van der Waals surface area contributed by atoms with Crippen LogP contribution >= 0.6 is 0 Å². The number of hydrogen-bond donors (Lipinski definition) is 2. The van der Waals surface area contributed by atoms with Gasteiger partial charge in [-0.2, -0.15) is 0 Å². The minimum absolute atomic E-state index is 0.185. The molecular formula is C22H18N8O2. The molecule has 4 heterocycles. The Kier molecular flexibility index (Phi) is 4.71. The number of anilines is 2. The van der Waals surface area contributed by atoms with Crippen molar-refractivity contribution in [2.45, 2.75) is 0 Å². The molecule has 0 unspecified atom stereocenters. The molecule has 0 atom stereocenters. The number of ether oxygens (including phenoxy) is 1. The Balaban J connectivity index is 1.65. The minimum Gasteiger partial charge on any atom is -0.421 e. The lowest BCUT2D eigenvalue weighted by atomic mass is 10.2. The fourth-order valence-electron chi connectivity index (χ4n) is 3.40. The highest BCUT2D eigenvalue weighted by Crippen LogP contribution is 2.24. The molecule has 10 heteroatoms. The lowest BCUT2D eigenvalue weighted by Crippen LogP contribution is -2.22. The molecule has 0 saturated carbocycles. The van der Waals surface area contributed by atoms with E-state index < -0.39 is 0 Å². The molecule has 0 spiro atoms.